The maximum absolute atomic E-state index is 15.4. The minimum absolute atomic E-state index is 0.00392. The average Bonchev–Trinajstić information content (AvgIpc) is 2.81. The molecule has 8 nitrogen and oxygen atoms in total. The van der Waals surface area contributed by atoms with Crippen LogP contribution in [-0.4, -0.2) is 47.4 Å². The number of rotatable bonds is 7. The quantitative estimate of drug-likeness (QED) is 0.593. The summed E-state index contributed by atoms with van der Waals surface area (Å²) in [5, 5.41) is 9.56. The van der Waals surface area contributed by atoms with Crippen molar-refractivity contribution in [3.63, 3.8) is 0 Å². The van der Waals surface area contributed by atoms with E-state index in [1.165, 1.54) is 12.3 Å². The molecular weight excluding hydrogens is 441 g/mol. The molecule has 0 spiro atoms. The van der Waals surface area contributed by atoms with Crippen molar-refractivity contribution in [3.05, 3.63) is 39.4 Å². The van der Waals surface area contributed by atoms with E-state index < -0.39 is 17.2 Å². The molecule has 4 rings (SSSR count). The number of hydrogen-bond donors (Lipinski definition) is 2. The lowest BCUT2D eigenvalue weighted by atomic mass is 9.93. The monoisotopic (exact) mass is 473 g/mol. The van der Waals surface area contributed by atoms with Crippen LogP contribution in [0.25, 0.3) is 10.9 Å². The number of piperidine rings is 1. The summed E-state index contributed by atoms with van der Waals surface area (Å²) >= 11 is 0. The molecule has 1 aromatic heterocycles. The molecule has 34 heavy (non-hydrogen) atoms. The van der Waals surface area contributed by atoms with E-state index in [4.69, 9.17) is 10.5 Å². The minimum atomic E-state index is -1.31. The van der Waals surface area contributed by atoms with Gasteiger partial charge < -0.3 is 25.0 Å². The summed E-state index contributed by atoms with van der Waals surface area (Å²) in [6.45, 7) is 5.26. The van der Waals surface area contributed by atoms with Crippen LogP contribution in [0.3, 0.4) is 0 Å². The third-order valence-corrected chi connectivity index (χ3v) is 7.15. The second-order valence-corrected chi connectivity index (χ2v) is 9.40. The summed E-state index contributed by atoms with van der Waals surface area (Å²) in [7, 11) is 0. The van der Waals surface area contributed by atoms with Crippen LogP contribution in [-0.2, 0) is 16.0 Å². The van der Waals surface area contributed by atoms with Gasteiger partial charge in [0.15, 0.2) is 0 Å². The summed E-state index contributed by atoms with van der Waals surface area (Å²) < 4.78 is 22.9. The van der Waals surface area contributed by atoms with Crippen molar-refractivity contribution in [2.24, 2.45) is 11.7 Å². The number of aryl methyl sites for hydroxylation is 1. The van der Waals surface area contributed by atoms with Gasteiger partial charge >= 0.3 is 11.9 Å². The van der Waals surface area contributed by atoms with Crippen LogP contribution >= 0.6 is 0 Å². The Hall–Kier alpha value is -2.94. The normalized spacial score (nSPS) is 19.3. The number of carboxylic acid groups (broad SMARTS) is 1. The van der Waals surface area contributed by atoms with Crippen LogP contribution in [0.5, 0.6) is 0 Å². The van der Waals surface area contributed by atoms with E-state index in [0.717, 1.165) is 12.0 Å². The average molecular weight is 474 g/mol. The highest BCUT2D eigenvalue weighted by molar-refractivity contribution is 5.95. The first-order chi connectivity index (χ1) is 16.3. The number of benzene rings is 1. The summed E-state index contributed by atoms with van der Waals surface area (Å²) in [6.07, 6.45) is 5.18. The number of carbonyl (C=O) groups excluding carboxylic acids is 1. The maximum atomic E-state index is 15.4. The molecule has 2 atom stereocenters. The molecule has 0 saturated carbocycles. The molecule has 3 N–H and O–H groups in total. The molecule has 2 aliphatic rings. The fraction of sp³-hybridized carbons (Fsp3) is 0.560. The summed E-state index contributed by atoms with van der Waals surface area (Å²) in [5.74, 6) is -2.39. The number of carbonyl (C=O) groups is 2. The van der Waals surface area contributed by atoms with Crippen molar-refractivity contribution in [1.82, 2.24) is 4.57 Å². The number of hydrogen-bond acceptors (Lipinski definition) is 6. The Morgan fingerprint density at radius 3 is 2.62 bits per heavy atom. The summed E-state index contributed by atoms with van der Waals surface area (Å²) in [4.78, 5) is 38.8. The molecule has 0 bridgehead atoms. The standard InChI is InChI=1S/C25H32FN3O5/c1-3-4-15(12-27)25(33)34-16-7-9-28(10-8-16)22-17-6-5-14(2)29-13-19(24(31)32)23(30)18(21(17)29)11-20(22)26/h11,13-16H,3-10,12,27H2,1-2H3,(H,31,32)/t14-,15-/m0/s1. The van der Waals surface area contributed by atoms with E-state index in [1.54, 1.807) is 4.57 Å². The number of aromatic carboxylic acids is 1. The third kappa shape index (κ3) is 4.29. The number of halogens is 1. The smallest absolute Gasteiger partial charge is 0.341 e. The number of aromatic nitrogens is 1. The number of ether oxygens (including phenoxy) is 1. The lowest BCUT2D eigenvalue weighted by Gasteiger charge is -2.37. The number of esters is 1. The molecular formula is C25H32FN3O5. The van der Waals surface area contributed by atoms with Crippen LogP contribution in [0.1, 0.15) is 67.9 Å². The van der Waals surface area contributed by atoms with Crippen molar-refractivity contribution >= 4 is 28.5 Å². The van der Waals surface area contributed by atoms with Gasteiger partial charge in [0, 0.05) is 55.7 Å². The fourth-order valence-corrected chi connectivity index (χ4v) is 5.27. The molecule has 0 unspecified atom stereocenters. The molecule has 0 amide bonds. The van der Waals surface area contributed by atoms with E-state index in [-0.39, 0.29) is 41.5 Å². The van der Waals surface area contributed by atoms with Gasteiger partial charge in [0.25, 0.3) is 0 Å². The number of nitrogens with two attached hydrogens (primary N) is 1. The zero-order chi connectivity index (χ0) is 24.6. The second-order valence-electron chi connectivity index (χ2n) is 9.40. The first-order valence-electron chi connectivity index (χ1n) is 12.1. The molecule has 0 aliphatic carbocycles. The number of pyridine rings is 1. The van der Waals surface area contributed by atoms with Crippen molar-refractivity contribution in [1.29, 1.82) is 0 Å². The Balaban J connectivity index is 1.62. The van der Waals surface area contributed by atoms with Gasteiger partial charge in [-0.2, -0.15) is 0 Å². The van der Waals surface area contributed by atoms with Crippen molar-refractivity contribution in [2.75, 3.05) is 24.5 Å². The Kier molecular flexibility index (Phi) is 6.93. The lowest BCUT2D eigenvalue weighted by Crippen LogP contribution is -2.40. The number of nitrogens with zero attached hydrogens (tertiary/aromatic N) is 2. The van der Waals surface area contributed by atoms with Gasteiger partial charge in [0.1, 0.15) is 17.5 Å². The highest BCUT2D eigenvalue weighted by Crippen LogP contribution is 2.39. The van der Waals surface area contributed by atoms with Crippen molar-refractivity contribution in [3.8, 4) is 0 Å². The fourth-order valence-electron chi connectivity index (χ4n) is 5.27. The van der Waals surface area contributed by atoms with Crippen molar-refractivity contribution < 1.29 is 23.8 Å². The van der Waals surface area contributed by atoms with Crippen molar-refractivity contribution in [2.45, 2.75) is 64.5 Å². The molecule has 1 aromatic carbocycles. The Morgan fingerprint density at radius 2 is 2.00 bits per heavy atom. The van der Waals surface area contributed by atoms with Gasteiger partial charge in [-0.05, 0) is 32.3 Å². The Bertz CT molecular complexity index is 1170. The number of anilines is 1. The van der Waals surface area contributed by atoms with Crippen LogP contribution in [0.2, 0.25) is 0 Å². The highest BCUT2D eigenvalue weighted by Gasteiger charge is 2.31. The predicted octanol–water partition coefficient (Wildman–Crippen LogP) is 3.23. The zero-order valence-electron chi connectivity index (χ0n) is 19.7. The molecule has 3 heterocycles. The topological polar surface area (TPSA) is 115 Å². The van der Waals surface area contributed by atoms with E-state index in [0.29, 0.717) is 56.4 Å². The van der Waals surface area contributed by atoms with Crippen LogP contribution < -0.4 is 16.1 Å². The zero-order valence-corrected chi connectivity index (χ0v) is 19.7. The summed E-state index contributed by atoms with van der Waals surface area (Å²) in [5.41, 5.74) is 6.52. The first kappa shape index (κ1) is 24.2. The third-order valence-electron chi connectivity index (χ3n) is 7.15. The first-order valence-corrected chi connectivity index (χ1v) is 12.1. The maximum Gasteiger partial charge on any atom is 0.341 e. The SMILES string of the molecule is CCC[C@@H](CN)C(=O)OC1CCN(c2c(F)cc3c(=O)c(C(=O)O)cn4c3c2CC[C@@H]4C)CC1. The lowest BCUT2D eigenvalue weighted by molar-refractivity contribution is -0.154. The van der Waals surface area contributed by atoms with Gasteiger partial charge in [-0.3, -0.25) is 9.59 Å². The molecule has 1 saturated heterocycles. The van der Waals surface area contributed by atoms with Gasteiger partial charge in [-0.15, -0.1) is 0 Å². The minimum Gasteiger partial charge on any atom is -0.477 e. The Labute approximate surface area is 197 Å². The molecule has 9 heteroatoms. The molecule has 2 aromatic rings. The largest absolute Gasteiger partial charge is 0.477 e. The van der Waals surface area contributed by atoms with Crippen LogP contribution in [0.15, 0.2) is 17.1 Å². The van der Waals surface area contributed by atoms with Gasteiger partial charge in [-0.25, -0.2) is 9.18 Å². The Morgan fingerprint density at radius 1 is 1.29 bits per heavy atom. The highest BCUT2D eigenvalue weighted by atomic mass is 19.1. The van der Waals surface area contributed by atoms with Gasteiger partial charge in [-0.1, -0.05) is 13.3 Å². The van der Waals surface area contributed by atoms with E-state index in [2.05, 4.69) is 0 Å². The summed E-state index contributed by atoms with van der Waals surface area (Å²) in [6, 6.07) is 1.18. The van der Waals surface area contributed by atoms with Crippen LogP contribution in [0, 0.1) is 11.7 Å². The molecule has 184 valence electrons. The number of carboxylic acids is 1. The van der Waals surface area contributed by atoms with Gasteiger partial charge in [0.05, 0.1) is 17.1 Å². The molecule has 2 aliphatic heterocycles. The predicted molar refractivity (Wildman–Crippen MR) is 127 cm³/mol. The molecule has 1 fully saturated rings. The van der Waals surface area contributed by atoms with E-state index in [9.17, 15) is 19.5 Å². The molecule has 0 radical (unpaired) electrons. The van der Waals surface area contributed by atoms with E-state index >= 15 is 4.39 Å². The van der Waals surface area contributed by atoms with E-state index in [1.807, 2.05) is 18.7 Å². The van der Waals surface area contributed by atoms with Crippen LogP contribution in [0.4, 0.5) is 10.1 Å². The second kappa shape index (κ2) is 9.74. The van der Waals surface area contributed by atoms with Gasteiger partial charge in [0.2, 0.25) is 5.43 Å².